The van der Waals surface area contributed by atoms with Crippen LogP contribution in [0.25, 0.3) is 0 Å². The lowest BCUT2D eigenvalue weighted by Crippen LogP contribution is -2.17. The molecule has 0 aliphatic carbocycles. The molecule has 3 rings (SSSR count). The summed E-state index contributed by atoms with van der Waals surface area (Å²) in [6.45, 7) is 4.58. The Kier molecular flexibility index (Phi) is 8.88. The van der Waals surface area contributed by atoms with Crippen molar-refractivity contribution in [3.05, 3.63) is 91.9 Å². The number of nitrogens with one attached hydrogen (secondary N) is 1. The summed E-state index contributed by atoms with van der Waals surface area (Å²) in [6, 6.07) is 19.7. The second-order valence-electron chi connectivity index (χ2n) is 6.81. The van der Waals surface area contributed by atoms with Crippen molar-refractivity contribution in [1.82, 2.24) is 5.32 Å². The van der Waals surface area contributed by atoms with Gasteiger partial charge >= 0.3 is 0 Å². The molecule has 0 spiro atoms. The van der Waals surface area contributed by atoms with Gasteiger partial charge in [0.25, 0.3) is 0 Å². The van der Waals surface area contributed by atoms with E-state index in [1.54, 1.807) is 0 Å². The molecule has 30 heavy (non-hydrogen) atoms. The van der Waals surface area contributed by atoms with Gasteiger partial charge in [0.15, 0.2) is 11.5 Å². The molecule has 3 nitrogen and oxygen atoms in total. The molecule has 158 valence electrons. The lowest BCUT2D eigenvalue weighted by atomic mass is 10.1. The van der Waals surface area contributed by atoms with E-state index in [1.165, 1.54) is 5.56 Å². The molecule has 0 aliphatic heterocycles. The monoisotopic (exact) mass is 507 g/mol. The average Bonchev–Trinajstić information content (AvgIpc) is 2.73. The van der Waals surface area contributed by atoms with Gasteiger partial charge < -0.3 is 14.8 Å². The minimum Gasteiger partial charge on any atom is -0.490 e. The molecule has 0 unspecified atom stereocenters. The van der Waals surface area contributed by atoms with E-state index < -0.39 is 0 Å². The maximum Gasteiger partial charge on any atom is 0.175 e. The van der Waals surface area contributed by atoms with Crippen molar-refractivity contribution >= 4 is 39.1 Å². The largest absolute Gasteiger partial charge is 0.490 e. The molecule has 0 aliphatic rings. The molecule has 1 N–H and O–H groups in total. The Bertz CT molecular complexity index is 947. The lowest BCUT2D eigenvalue weighted by molar-refractivity contribution is 0.267. The Morgan fingerprint density at radius 2 is 1.47 bits per heavy atom. The molecular weight excluding hydrogens is 485 g/mol. The summed E-state index contributed by atoms with van der Waals surface area (Å²) in [4.78, 5) is 0. The molecule has 6 heteroatoms. The average molecular weight is 509 g/mol. The van der Waals surface area contributed by atoms with Gasteiger partial charge in [0.2, 0.25) is 0 Å². The molecule has 3 aromatic carbocycles. The number of rotatable bonds is 10. The van der Waals surface area contributed by atoms with E-state index in [0.717, 1.165) is 45.9 Å². The van der Waals surface area contributed by atoms with Gasteiger partial charge in [-0.15, -0.1) is 0 Å². The number of hydrogen-bond acceptors (Lipinski definition) is 3. The van der Waals surface area contributed by atoms with Crippen LogP contribution in [-0.4, -0.2) is 13.2 Å². The van der Waals surface area contributed by atoms with Crippen molar-refractivity contribution < 1.29 is 9.47 Å². The zero-order valence-electron chi connectivity index (χ0n) is 16.8. The fourth-order valence-corrected chi connectivity index (χ4v) is 3.83. The third-order valence-electron chi connectivity index (χ3n) is 4.50. The standard InChI is InChI=1S/C24H24BrCl2NO2/c1-2-29-23-14-19(15-28-12-11-17-3-7-20(26)8-4-17)13-22(25)24(23)30-16-18-5-9-21(27)10-6-18/h3-10,13-14,28H,2,11-12,15-16H2,1H3. The Balaban J connectivity index is 1.60. The van der Waals surface area contributed by atoms with Gasteiger partial charge in [-0.1, -0.05) is 47.5 Å². The van der Waals surface area contributed by atoms with Crippen molar-refractivity contribution in [2.24, 2.45) is 0 Å². The highest BCUT2D eigenvalue weighted by atomic mass is 79.9. The van der Waals surface area contributed by atoms with Crippen molar-refractivity contribution in [3.63, 3.8) is 0 Å². The Morgan fingerprint density at radius 3 is 2.10 bits per heavy atom. The summed E-state index contributed by atoms with van der Waals surface area (Å²) in [7, 11) is 0. The first-order chi connectivity index (χ1) is 14.5. The molecule has 3 aromatic rings. The number of benzene rings is 3. The number of hydrogen-bond donors (Lipinski definition) is 1. The fraction of sp³-hybridized carbons (Fsp3) is 0.250. The summed E-state index contributed by atoms with van der Waals surface area (Å²) in [5.74, 6) is 1.44. The van der Waals surface area contributed by atoms with Crippen molar-refractivity contribution in [2.75, 3.05) is 13.2 Å². The van der Waals surface area contributed by atoms with E-state index >= 15 is 0 Å². The van der Waals surface area contributed by atoms with E-state index in [2.05, 4.69) is 39.4 Å². The van der Waals surface area contributed by atoms with Crippen LogP contribution in [-0.2, 0) is 19.6 Å². The van der Waals surface area contributed by atoms with E-state index in [9.17, 15) is 0 Å². The van der Waals surface area contributed by atoms with Gasteiger partial charge in [-0.2, -0.15) is 0 Å². The maximum atomic E-state index is 6.05. The van der Waals surface area contributed by atoms with E-state index in [-0.39, 0.29) is 0 Å². The first-order valence-corrected chi connectivity index (χ1v) is 11.4. The molecule has 0 fully saturated rings. The third-order valence-corrected chi connectivity index (χ3v) is 5.59. The molecule has 0 heterocycles. The van der Waals surface area contributed by atoms with Gasteiger partial charge in [-0.05, 0) is 88.9 Å². The van der Waals surface area contributed by atoms with Crippen LogP contribution in [0, 0.1) is 0 Å². The smallest absolute Gasteiger partial charge is 0.175 e. The second kappa shape index (κ2) is 11.6. The van der Waals surface area contributed by atoms with Crippen LogP contribution in [0.3, 0.4) is 0 Å². The first kappa shape index (κ1) is 23.0. The third kappa shape index (κ3) is 6.92. The summed E-state index contributed by atoms with van der Waals surface area (Å²) in [5.41, 5.74) is 3.43. The van der Waals surface area contributed by atoms with Crippen LogP contribution in [0.1, 0.15) is 23.6 Å². The quantitative estimate of drug-likeness (QED) is 0.297. The Labute approximate surface area is 196 Å². The molecule has 0 amide bonds. The van der Waals surface area contributed by atoms with Crippen LogP contribution in [0.2, 0.25) is 10.0 Å². The highest BCUT2D eigenvalue weighted by molar-refractivity contribution is 9.10. The van der Waals surface area contributed by atoms with Crippen molar-refractivity contribution in [1.29, 1.82) is 0 Å². The highest BCUT2D eigenvalue weighted by Crippen LogP contribution is 2.37. The maximum absolute atomic E-state index is 6.05. The molecular formula is C24H24BrCl2NO2. The zero-order valence-corrected chi connectivity index (χ0v) is 19.9. The van der Waals surface area contributed by atoms with E-state index in [1.807, 2.05) is 49.4 Å². The van der Waals surface area contributed by atoms with Gasteiger partial charge in [0.05, 0.1) is 11.1 Å². The van der Waals surface area contributed by atoms with Crippen LogP contribution in [0.5, 0.6) is 11.5 Å². The summed E-state index contributed by atoms with van der Waals surface area (Å²) >= 11 is 15.5. The highest BCUT2D eigenvalue weighted by Gasteiger charge is 2.13. The SMILES string of the molecule is CCOc1cc(CNCCc2ccc(Cl)cc2)cc(Br)c1OCc1ccc(Cl)cc1. The molecule has 0 saturated carbocycles. The van der Waals surface area contributed by atoms with Gasteiger partial charge in [0.1, 0.15) is 6.61 Å². The Hall–Kier alpha value is -1.72. The predicted molar refractivity (Wildman–Crippen MR) is 128 cm³/mol. The normalized spacial score (nSPS) is 10.8. The van der Waals surface area contributed by atoms with Gasteiger partial charge in [0, 0.05) is 16.6 Å². The molecule has 0 radical (unpaired) electrons. The molecule has 0 saturated heterocycles. The first-order valence-electron chi connectivity index (χ1n) is 9.82. The summed E-state index contributed by atoms with van der Waals surface area (Å²) in [6.07, 6.45) is 0.943. The van der Waals surface area contributed by atoms with Gasteiger partial charge in [-0.25, -0.2) is 0 Å². The molecule has 0 bridgehead atoms. The van der Waals surface area contributed by atoms with E-state index in [0.29, 0.717) is 24.0 Å². The minimum absolute atomic E-state index is 0.439. The van der Waals surface area contributed by atoms with Crippen molar-refractivity contribution in [3.8, 4) is 11.5 Å². The van der Waals surface area contributed by atoms with Crippen LogP contribution < -0.4 is 14.8 Å². The Morgan fingerprint density at radius 1 is 0.833 bits per heavy atom. The van der Waals surface area contributed by atoms with Crippen LogP contribution >= 0.6 is 39.1 Å². The molecule has 0 atom stereocenters. The predicted octanol–water partition coefficient (Wildman–Crippen LogP) is 7.07. The van der Waals surface area contributed by atoms with Crippen molar-refractivity contribution in [2.45, 2.75) is 26.5 Å². The summed E-state index contributed by atoms with van der Waals surface area (Å²) in [5, 5.41) is 4.95. The van der Waals surface area contributed by atoms with E-state index in [4.69, 9.17) is 32.7 Å². The summed E-state index contributed by atoms with van der Waals surface area (Å²) < 4.78 is 12.8. The number of ether oxygens (including phenoxy) is 2. The van der Waals surface area contributed by atoms with Crippen LogP contribution in [0.15, 0.2) is 65.1 Å². The molecule has 0 aromatic heterocycles. The second-order valence-corrected chi connectivity index (χ2v) is 8.53. The lowest BCUT2D eigenvalue weighted by Gasteiger charge is -2.16. The number of halogens is 3. The fourth-order valence-electron chi connectivity index (χ4n) is 2.98. The van der Waals surface area contributed by atoms with Crippen LogP contribution in [0.4, 0.5) is 0 Å². The minimum atomic E-state index is 0.439. The zero-order chi connectivity index (χ0) is 21.3. The van der Waals surface area contributed by atoms with Gasteiger partial charge in [-0.3, -0.25) is 0 Å². The topological polar surface area (TPSA) is 30.5 Å².